The molecule has 96 valence electrons. The number of nitrogens with one attached hydrogen (secondary N) is 1. The Bertz CT molecular complexity index is 171. The summed E-state index contributed by atoms with van der Waals surface area (Å²) in [5.41, 5.74) is 0. The third-order valence-corrected chi connectivity index (χ3v) is 2.79. The van der Waals surface area contributed by atoms with Gasteiger partial charge in [-0.2, -0.15) is 0 Å². The van der Waals surface area contributed by atoms with Gasteiger partial charge in [-0.05, 0) is 19.4 Å². The van der Waals surface area contributed by atoms with Crippen molar-refractivity contribution in [3.05, 3.63) is 0 Å². The summed E-state index contributed by atoms with van der Waals surface area (Å²) in [6.07, 6.45) is 9.04. The molecular formula is C13H27NO2. The van der Waals surface area contributed by atoms with Crippen LogP contribution in [-0.2, 0) is 4.79 Å². The molecule has 2 N–H and O–H groups in total. The molecule has 16 heavy (non-hydrogen) atoms. The highest BCUT2D eigenvalue weighted by Gasteiger charge is 2.14. The standard InChI is InChI=1S/C13H27NO2/c1-3-5-6-7-8-9-10-12(13(15)16)14-11-4-2/h12,14H,3-11H2,1-2H3,(H,15,16). The highest BCUT2D eigenvalue weighted by atomic mass is 16.4. The van der Waals surface area contributed by atoms with Crippen LogP contribution in [0.1, 0.15) is 65.2 Å². The molecule has 0 amide bonds. The lowest BCUT2D eigenvalue weighted by Crippen LogP contribution is -2.36. The molecule has 0 fully saturated rings. The van der Waals surface area contributed by atoms with Gasteiger partial charge >= 0.3 is 5.97 Å². The predicted octanol–water partition coefficient (Wildman–Crippen LogP) is 3.19. The Balaban J connectivity index is 3.48. The normalized spacial score (nSPS) is 12.6. The second kappa shape index (κ2) is 10.9. The highest BCUT2D eigenvalue weighted by molar-refractivity contribution is 5.73. The topological polar surface area (TPSA) is 49.3 Å². The van der Waals surface area contributed by atoms with Gasteiger partial charge in [0, 0.05) is 0 Å². The van der Waals surface area contributed by atoms with Gasteiger partial charge in [0.2, 0.25) is 0 Å². The molecule has 0 spiro atoms. The van der Waals surface area contributed by atoms with E-state index in [1.54, 1.807) is 0 Å². The molecule has 0 aromatic carbocycles. The molecule has 0 aliphatic heterocycles. The van der Waals surface area contributed by atoms with E-state index < -0.39 is 5.97 Å². The number of rotatable bonds is 11. The second-order valence-electron chi connectivity index (χ2n) is 4.40. The molecule has 3 heteroatoms. The molecule has 0 radical (unpaired) electrons. The van der Waals surface area contributed by atoms with E-state index in [9.17, 15) is 4.79 Å². The van der Waals surface area contributed by atoms with Crippen molar-refractivity contribution in [1.82, 2.24) is 5.32 Å². The molecular weight excluding hydrogens is 202 g/mol. The number of carboxylic acids is 1. The van der Waals surface area contributed by atoms with Crippen molar-refractivity contribution in [3.8, 4) is 0 Å². The maximum absolute atomic E-state index is 10.9. The van der Waals surface area contributed by atoms with E-state index in [-0.39, 0.29) is 6.04 Å². The van der Waals surface area contributed by atoms with Gasteiger partial charge in [0.25, 0.3) is 0 Å². The maximum atomic E-state index is 10.9. The molecule has 0 saturated heterocycles. The predicted molar refractivity (Wildman–Crippen MR) is 67.7 cm³/mol. The SMILES string of the molecule is CCCCCCCCC(NCCC)C(=O)O. The van der Waals surface area contributed by atoms with Crippen LogP contribution in [0, 0.1) is 0 Å². The lowest BCUT2D eigenvalue weighted by molar-refractivity contribution is -0.139. The van der Waals surface area contributed by atoms with Crippen molar-refractivity contribution in [3.63, 3.8) is 0 Å². The van der Waals surface area contributed by atoms with Gasteiger partial charge in [-0.3, -0.25) is 4.79 Å². The number of unbranched alkanes of at least 4 members (excludes halogenated alkanes) is 5. The molecule has 1 unspecified atom stereocenters. The number of carboxylic acid groups (broad SMARTS) is 1. The molecule has 0 bridgehead atoms. The van der Waals surface area contributed by atoms with Gasteiger partial charge < -0.3 is 10.4 Å². The first-order valence-electron chi connectivity index (χ1n) is 6.68. The maximum Gasteiger partial charge on any atom is 0.320 e. The van der Waals surface area contributed by atoms with Crippen LogP contribution >= 0.6 is 0 Å². The zero-order valence-corrected chi connectivity index (χ0v) is 10.8. The summed E-state index contributed by atoms with van der Waals surface area (Å²) in [7, 11) is 0. The fraction of sp³-hybridized carbons (Fsp3) is 0.923. The Morgan fingerprint density at radius 2 is 1.69 bits per heavy atom. The molecule has 0 aliphatic carbocycles. The summed E-state index contributed by atoms with van der Waals surface area (Å²) in [6.45, 7) is 5.05. The summed E-state index contributed by atoms with van der Waals surface area (Å²) in [5, 5.41) is 12.0. The fourth-order valence-electron chi connectivity index (χ4n) is 1.76. The summed E-state index contributed by atoms with van der Waals surface area (Å²) < 4.78 is 0. The van der Waals surface area contributed by atoms with Crippen LogP contribution in [0.25, 0.3) is 0 Å². The number of carbonyl (C=O) groups is 1. The lowest BCUT2D eigenvalue weighted by Gasteiger charge is -2.13. The van der Waals surface area contributed by atoms with Crippen molar-refractivity contribution in [2.45, 2.75) is 71.3 Å². The van der Waals surface area contributed by atoms with Crippen molar-refractivity contribution in [1.29, 1.82) is 0 Å². The van der Waals surface area contributed by atoms with E-state index in [2.05, 4.69) is 19.2 Å². The third kappa shape index (κ3) is 8.72. The Morgan fingerprint density at radius 1 is 1.06 bits per heavy atom. The van der Waals surface area contributed by atoms with E-state index in [4.69, 9.17) is 5.11 Å². The smallest absolute Gasteiger partial charge is 0.320 e. The van der Waals surface area contributed by atoms with Crippen LogP contribution < -0.4 is 5.32 Å². The van der Waals surface area contributed by atoms with Gasteiger partial charge in [-0.25, -0.2) is 0 Å². The average Bonchev–Trinajstić information content (AvgIpc) is 2.26. The van der Waals surface area contributed by atoms with E-state index in [0.717, 1.165) is 32.2 Å². The molecule has 0 rings (SSSR count). The molecule has 3 nitrogen and oxygen atoms in total. The first kappa shape index (κ1) is 15.4. The zero-order valence-electron chi connectivity index (χ0n) is 10.8. The van der Waals surface area contributed by atoms with Crippen LogP contribution in [0.4, 0.5) is 0 Å². The van der Waals surface area contributed by atoms with Gasteiger partial charge in [0.1, 0.15) is 6.04 Å². The minimum atomic E-state index is -0.706. The van der Waals surface area contributed by atoms with E-state index >= 15 is 0 Å². The molecule has 0 aromatic heterocycles. The summed E-state index contributed by atoms with van der Waals surface area (Å²) >= 11 is 0. The molecule has 1 atom stereocenters. The largest absolute Gasteiger partial charge is 0.480 e. The quantitative estimate of drug-likeness (QED) is 0.535. The van der Waals surface area contributed by atoms with E-state index in [1.165, 1.54) is 25.7 Å². The van der Waals surface area contributed by atoms with Gasteiger partial charge in [0.05, 0.1) is 0 Å². The Morgan fingerprint density at radius 3 is 2.25 bits per heavy atom. The fourth-order valence-corrected chi connectivity index (χ4v) is 1.76. The van der Waals surface area contributed by atoms with Crippen molar-refractivity contribution < 1.29 is 9.90 Å². The van der Waals surface area contributed by atoms with Crippen LogP contribution in [0.15, 0.2) is 0 Å². The van der Waals surface area contributed by atoms with Gasteiger partial charge in [0.15, 0.2) is 0 Å². The van der Waals surface area contributed by atoms with Crippen molar-refractivity contribution in [2.24, 2.45) is 0 Å². The Hall–Kier alpha value is -0.570. The monoisotopic (exact) mass is 229 g/mol. The Kier molecular flexibility index (Phi) is 10.5. The summed E-state index contributed by atoms with van der Waals surface area (Å²) in [4.78, 5) is 10.9. The average molecular weight is 229 g/mol. The third-order valence-electron chi connectivity index (χ3n) is 2.79. The minimum Gasteiger partial charge on any atom is -0.480 e. The van der Waals surface area contributed by atoms with Crippen LogP contribution in [0.3, 0.4) is 0 Å². The summed E-state index contributed by atoms with van der Waals surface area (Å²) in [6, 6.07) is -0.342. The Labute approximate surface area is 99.6 Å². The van der Waals surface area contributed by atoms with Crippen molar-refractivity contribution in [2.75, 3.05) is 6.54 Å². The van der Waals surface area contributed by atoms with Gasteiger partial charge in [-0.1, -0.05) is 52.4 Å². The molecule has 0 heterocycles. The first-order chi connectivity index (χ1) is 7.72. The van der Waals surface area contributed by atoms with Gasteiger partial charge in [-0.15, -0.1) is 0 Å². The van der Waals surface area contributed by atoms with Crippen LogP contribution in [0.5, 0.6) is 0 Å². The molecule has 0 aliphatic rings. The number of hydrogen-bond donors (Lipinski definition) is 2. The zero-order chi connectivity index (χ0) is 12.2. The van der Waals surface area contributed by atoms with E-state index in [0.29, 0.717) is 0 Å². The summed E-state index contributed by atoms with van der Waals surface area (Å²) in [5.74, 6) is -0.706. The second-order valence-corrected chi connectivity index (χ2v) is 4.40. The van der Waals surface area contributed by atoms with Crippen molar-refractivity contribution >= 4 is 5.97 Å². The number of aliphatic carboxylic acids is 1. The molecule has 0 aromatic rings. The number of hydrogen-bond acceptors (Lipinski definition) is 2. The van der Waals surface area contributed by atoms with Crippen LogP contribution in [-0.4, -0.2) is 23.7 Å². The first-order valence-corrected chi connectivity index (χ1v) is 6.68. The molecule has 0 saturated carbocycles. The van der Waals surface area contributed by atoms with E-state index in [1.807, 2.05) is 0 Å². The lowest BCUT2D eigenvalue weighted by atomic mass is 10.1. The van der Waals surface area contributed by atoms with Crippen LogP contribution in [0.2, 0.25) is 0 Å². The highest BCUT2D eigenvalue weighted by Crippen LogP contribution is 2.08. The minimum absolute atomic E-state index is 0.342.